The van der Waals surface area contributed by atoms with E-state index in [2.05, 4.69) is 5.10 Å². The molecule has 3 nitrogen and oxygen atoms in total. The zero-order valence-corrected chi connectivity index (χ0v) is 5.12. The maximum Gasteiger partial charge on any atom is 0.0648 e. The Labute approximate surface area is 53.4 Å². The van der Waals surface area contributed by atoms with Gasteiger partial charge in [0.1, 0.15) is 0 Å². The van der Waals surface area contributed by atoms with E-state index in [1.807, 2.05) is 6.07 Å². The third-order valence-electron chi connectivity index (χ3n) is 1.70. The summed E-state index contributed by atoms with van der Waals surface area (Å²) in [6.45, 7) is 0. The molecule has 0 aliphatic heterocycles. The summed E-state index contributed by atoms with van der Waals surface area (Å²) in [4.78, 5) is 1.47. The van der Waals surface area contributed by atoms with Gasteiger partial charge in [0.15, 0.2) is 0 Å². The molecule has 0 atom stereocenters. The summed E-state index contributed by atoms with van der Waals surface area (Å²) >= 11 is 0. The number of hydrogen-bond donors (Lipinski definition) is 1. The largest absolute Gasteiger partial charge is 0.323 e. The van der Waals surface area contributed by atoms with Crippen molar-refractivity contribution in [3.63, 3.8) is 0 Å². The Morgan fingerprint density at radius 2 is 2.44 bits per heavy atom. The molecular formula is C6H9N3. The molecule has 0 saturated heterocycles. The topological polar surface area (TPSA) is 43.8 Å². The molecule has 2 rings (SSSR count). The standard InChI is InChI=1S/C6H9N3/c7-9-6(3-4-8-9)5-1-2-5/h3-5H,1-2,7H2. The number of nitrogen functional groups attached to an aromatic ring is 1. The Morgan fingerprint density at radius 1 is 1.67 bits per heavy atom. The first-order chi connectivity index (χ1) is 4.38. The van der Waals surface area contributed by atoms with Crippen LogP contribution in [0.1, 0.15) is 24.5 Å². The molecule has 0 amide bonds. The van der Waals surface area contributed by atoms with Gasteiger partial charge in [-0.05, 0) is 18.9 Å². The van der Waals surface area contributed by atoms with E-state index in [-0.39, 0.29) is 0 Å². The Hall–Kier alpha value is -0.990. The minimum atomic E-state index is 0.706. The van der Waals surface area contributed by atoms with Gasteiger partial charge in [-0.15, -0.1) is 0 Å². The molecule has 0 radical (unpaired) electrons. The van der Waals surface area contributed by atoms with E-state index in [9.17, 15) is 0 Å². The van der Waals surface area contributed by atoms with Crippen molar-refractivity contribution in [3.8, 4) is 0 Å². The van der Waals surface area contributed by atoms with E-state index >= 15 is 0 Å². The highest BCUT2D eigenvalue weighted by atomic mass is 15.5. The lowest BCUT2D eigenvalue weighted by atomic mass is 10.3. The predicted molar refractivity (Wildman–Crippen MR) is 34.4 cm³/mol. The summed E-state index contributed by atoms with van der Waals surface area (Å²) in [5.74, 6) is 6.19. The van der Waals surface area contributed by atoms with Crippen LogP contribution >= 0.6 is 0 Å². The first kappa shape index (κ1) is 4.85. The molecule has 1 aliphatic carbocycles. The molecule has 1 aliphatic rings. The zero-order valence-electron chi connectivity index (χ0n) is 5.12. The van der Waals surface area contributed by atoms with Crippen LogP contribution in [0.3, 0.4) is 0 Å². The highest BCUT2D eigenvalue weighted by Crippen LogP contribution is 2.38. The monoisotopic (exact) mass is 123 g/mol. The lowest BCUT2D eigenvalue weighted by Gasteiger charge is -1.94. The Morgan fingerprint density at radius 3 is 2.89 bits per heavy atom. The normalized spacial score (nSPS) is 18.2. The second-order valence-electron chi connectivity index (χ2n) is 2.47. The zero-order chi connectivity index (χ0) is 6.27. The van der Waals surface area contributed by atoms with Crippen LogP contribution in [-0.4, -0.2) is 9.89 Å². The third-order valence-corrected chi connectivity index (χ3v) is 1.70. The van der Waals surface area contributed by atoms with Crippen LogP contribution < -0.4 is 5.84 Å². The number of nitrogens with zero attached hydrogens (tertiary/aromatic N) is 2. The Bertz CT molecular complexity index is 212. The van der Waals surface area contributed by atoms with Crippen LogP contribution in [0.15, 0.2) is 12.3 Å². The Balaban J connectivity index is 2.35. The van der Waals surface area contributed by atoms with E-state index in [1.165, 1.54) is 23.3 Å². The minimum Gasteiger partial charge on any atom is -0.323 e. The predicted octanol–water partition coefficient (Wildman–Crippen LogP) is 0.474. The van der Waals surface area contributed by atoms with Crippen molar-refractivity contribution >= 4 is 0 Å². The van der Waals surface area contributed by atoms with Crippen molar-refractivity contribution in [2.75, 3.05) is 5.84 Å². The highest BCUT2D eigenvalue weighted by molar-refractivity contribution is 5.13. The number of rotatable bonds is 1. The molecule has 1 aromatic heterocycles. The first-order valence-electron chi connectivity index (χ1n) is 3.17. The van der Waals surface area contributed by atoms with Crippen LogP contribution in [-0.2, 0) is 0 Å². The van der Waals surface area contributed by atoms with E-state index in [0.29, 0.717) is 5.92 Å². The number of nitrogens with two attached hydrogens (primary N) is 1. The summed E-state index contributed by atoms with van der Waals surface area (Å²) in [5, 5.41) is 3.87. The van der Waals surface area contributed by atoms with Gasteiger partial charge >= 0.3 is 0 Å². The lowest BCUT2D eigenvalue weighted by molar-refractivity contribution is 0.767. The average molecular weight is 123 g/mol. The molecule has 9 heavy (non-hydrogen) atoms. The summed E-state index contributed by atoms with van der Waals surface area (Å²) in [7, 11) is 0. The van der Waals surface area contributed by atoms with E-state index in [0.717, 1.165) is 0 Å². The van der Waals surface area contributed by atoms with Crippen LogP contribution in [0.4, 0.5) is 0 Å². The quantitative estimate of drug-likeness (QED) is 0.552. The molecule has 1 saturated carbocycles. The van der Waals surface area contributed by atoms with Gasteiger partial charge in [0.05, 0.1) is 11.9 Å². The smallest absolute Gasteiger partial charge is 0.0648 e. The molecule has 0 unspecified atom stereocenters. The van der Waals surface area contributed by atoms with Crippen LogP contribution in [0.25, 0.3) is 0 Å². The maximum absolute atomic E-state index is 5.49. The van der Waals surface area contributed by atoms with Crippen molar-refractivity contribution in [2.45, 2.75) is 18.8 Å². The molecule has 2 N–H and O–H groups in total. The summed E-state index contributed by atoms with van der Waals surface area (Å²) < 4.78 is 0. The fraction of sp³-hybridized carbons (Fsp3) is 0.500. The van der Waals surface area contributed by atoms with E-state index in [4.69, 9.17) is 5.84 Å². The third kappa shape index (κ3) is 0.686. The Kier molecular flexibility index (Phi) is 0.806. The van der Waals surface area contributed by atoms with Crippen molar-refractivity contribution in [3.05, 3.63) is 18.0 Å². The van der Waals surface area contributed by atoms with Crippen LogP contribution in [0.5, 0.6) is 0 Å². The molecule has 0 aromatic carbocycles. The molecule has 1 fully saturated rings. The lowest BCUT2D eigenvalue weighted by Crippen LogP contribution is -2.12. The van der Waals surface area contributed by atoms with Gasteiger partial charge in [-0.25, -0.2) is 0 Å². The summed E-state index contributed by atoms with van der Waals surface area (Å²) in [6.07, 6.45) is 4.30. The van der Waals surface area contributed by atoms with Gasteiger partial charge in [0.2, 0.25) is 0 Å². The highest BCUT2D eigenvalue weighted by Gasteiger charge is 2.26. The van der Waals surface area contributed by atoms with Crippen molar-refractivity contribution in [1.82, 2.24) is 9.89 Å². The molecule has 0 spiro atoms. The van der Waals surface area contributed by atoms with Crippen molar-refractivity contribution in [2.24, 2.45) is 0 Å². The SMILES string of the molecule is Nn1nccc1C1CC1. The molecular weight excluding hydrogens is 114 g/mol. The van der Waals surface area contributed by atoms with Crippen molar-refractivity contribution in [1.29, 1.82) is 0 Å². The van der Waals surface area contributed by atoms with E-state index < -0.39 is 0 Å². The number of aromatic nitrogens is 2. The maximum atomic E-state index is 5.49. The van der Waals surface area contributed by atoms with Gasteiger partial charge in [-0.2, -0.15) is 9.89 Å². The first-order valence-corrected chi connectivity index (χ1v) is 3.17. The van der Waals surface area contributed by atoms with Gasteiger partial charge < -0.3 is 5.84 Å². The number of hydrogen-bond acceptors (Lipinski definition) is 2. The summed E-state index contributed by atoms with van der Waals surface area (Å²) in [6, 6.07) is 1.98. The second kappa shape index (κ2) is 1.50. The molecule has 48 valence electrons. The molecule has 1 aromatic rings. The average Bonchev–Trinajstić information content (AvgIpc) is 2.58. The molecule has 3 heteroatoms. The van der Waals surface area contributed by atoms with Gasteiger partial charge in [-0.1, -0.05) is 0 Å². The fourth-order valence-corrected chi connectivity index (χ4v) is 1.03. The van der Waals surface area contributed by atoms with E-state index in [1.54, 1.807) is 6.20 Å². The molecule has 0 bridgehead atoms. The summed E-state index contributed by atoms with van der Waals surface area (Å²) in [5.41, 5.74) is 1.18. The van der Waals surface area contributed by atoms with Gasteiger partial charge in [0.25, 0.3) is 0 Å². The van der Waals surface area contributed by atoms with Gasteiger partial charge in [0, 0.05) is 5.92 Å². The second-order valence-corrected chi connectivity index (χ2v) is 2.47. The minimum absolute atomic E-state index is 0.706. The van der Waals surface area contributed by atoms with Crippen molar-refractivity contribution < 1.29 is 0 Å². The molecule has 1 heterocycles. The van der Waals surface area contributed by atoms with Crippen LogP contribution in [0.2, 0.25) is 0 Å². The van der Waals surface area contributed by atoms with Gasteiger partial charge in [-0.3, -0.25) is 0 Å². The van der Waals surface area contributed by atoms with Crippen LogP contribution in [0, 0.1) is 0 Å². The fourth-order valence-electron chi connectivity index (χ4n) is 1.03.